The Hall–Kier alpha value is -3.02. The van der Waals surface area contributed by atoms with Gasteiger partial charge in [-0.25, -0.2) is 0 Å². The molecule has 0 heterocycles. The number of amides is 1. The van der Waals surface area contributed by atoms with Gasteiger partial charge in [0.05, 0.1) is 25.8 Å². The Morgan fingerprint density at radius 3 is 2.52 bits per heavy atom. The fraction of sp³-hybridized carbons (Fsp3) is 0.333. The molecule has 0 aliphatic rings. The normalized spacial score (nSPS) is 11.4. The highest BCUT2D eigenvalue weighted by atomic mass is 16.5. The molecule has 0 radical (unpaired) electrons. The van der Waals surface area contributed by atoms with Gasteiger partial charge in [0, 0.05) is 0 Å². The first-order chi connectivity index (χ1) is 12.9. The fourth-order valence-electron chi connectivity index (χ4n) is 2.42. The number of anilines is 1. The third kappa shape index (κ3) is 6.33. The second-order valence-electron chi connectivity index (χ2n) is 6.24. The number of methoxy groups -OCH3 is 1. The Bertz CT molecular complexity index is 803. The van der Waals surface area contributed by atoms with Crippen LogP contribution in [0.1, 0.15) is 24.5 Å². The van der Waals surface area contributed by atoms with Crippen molar-refractivity contribution in [3.63, 3.8) is 0 Å². The van der Waals surface area contributed by atoms with E-state index in [0.717, 1.165) is 11.1 Å². The van der Waals surface area contributed by atoms with Gasteiger partial charge in [0.2, 0.25) is 0 Å². The first kappa shape index (κ1) is 20.3. The number of aryl methyl sites for hydroxylation is 2. The zero-order valence-electron chi connectivity index (χ0n) is 16.1. The lowest BCUT2D eigenvalue weighted by Crippen LogP contribution is -2.30. The maximum Gasteiger partial charge on any atom is 0.310 e. The molecule has 2 aromatic rings. The summed E-state index contributed by atoms with van der Waals surface area (Å²) in [6.07, 6.45) is -0.874. The van der Waals surface area contributed by atoms with Gasteiger partial charge < -0.3 is 19.5 Å². The van der Waals surface area contributed by atoms with Gasteiger partial charge in [0.1, 0.15) is 11.5 Å². The summed E-state index contributed by atoms with van der Waals surface area (Å²) < 4.78 is 15.9. The van der Waals surface area contributed by atoms with Crippen molar-refractivity contribution in [2.24, 2.45) is 0 Å². The van der Waals surface area contributed by atoms with E-state index in [1.807, 2.05) is 44.2 Å². The molecule has 6 nitrogen and oxygen atoms in total. The van der Waals surface area contributed by atoms with Crippen LogP contribution in [-0.2, 0) is 14.3 Å². The van der Waals surface area contributed by atoms with Gasteiger partial charge >= 0.3 is 5.97 Å². The van der Waals surface area contributed by atoms with E-state index < -0.39 is 18.0 Å². The van der Waals surface area contributed by atoms with E-state index in [9.17, 15) is 9.59 Å². The van der Waals surface area contributed by atoms with Gasteiger partial charge in [-0.3, -0.25) is 9.59 Å². The number of carbonyl (C=O) groups excluding carboxylic acids is 2. The number of hydrogen-bond acceptors (Lipinski definition) is 5. The van der Waals surface area contributed by atoms with E-state index in [-0.39, 0.29) is 13.0 Å². The monoisotopic (exact) mass is 371 g/mol. The van der Waals surface area contributed by atoms with Crippen molar-refractivity contribution in [3.05, 3.63) is 53.6 Å². The Kier molecular flexibility index (Phi) is 7.23. The van der Waals surface area contributed by atoms with Crippen LogP contribution in [0, 0.1) is 13.8 Å². The molecule has 0 unspecified atom stereocenters. The first-order valence-corrected chi connectivity index (χ1v) is 8.73. The molecule has 0 aliphatic carbocycles. The Balaban J connectivity index is 1.81. The molecular weight excluding hydrogens is 346 g/mol. The van der Waals surface area contributed by atoms with E-state index >= 15 is 0 Å². The summed E-state index contributed by atoms with van der Waals surface area (Å²) in [7, 11) is 1.53. The van der Waals surface area contributed by atoms with Gasteiger partial charge in [-0.2, -0.15) is 0 Å². The predicted molar refractivity (Wildman–Crippen MR) is 103 cm³/mol. The van der Waals surface area contributed by atoms with E-state index in [1.54, 1.807) is 12.1 Å². The van der Waals surface area contributed by atoms with Crippen molar-refractivity contribution in [2.75, 3.05) is 19.0 Å². The van der Waals surface area contributed by atoms with Crippen LogP contribution in [0.2, 0.25) is 0 Å². The number of hydrogen-bond donors (Lipinski definition) is 1. The molecule has 1 N–H and O–H groups in total. The summed E-state index contributed by atoms with van der Waals surface area (Å²) in [5.74, 6) is 0.313. The maximum atomic E-state index is 12.3. The largest absolute Gasteiger partial charge is 0.495 e. The molecule has 1 amide bonds. The van der Waals surface area contributed by atoms with Crippen LogP contribution in [0.4, 0.5) is 5.69 Å². The van der Waals surface area contributed by atoms with Crippen LogP contribution < -0.4 is 14.8 Å². The zero-order chi connectivity index (χ0) is 19.8. The molecule has 0 saturated carbocycles. The minimum Gasteiger partial charge on any atom is -0.495 e. The zero-order valence-corrected chi connectivity index (χ0v) is 16.1. The summed E-state index contributed by atoms with van der Waals surface area (Å²) in [5, 5.41) is 2.72. The minimum absolute atomic E-state index is 0.0549. The van der Waals surface area contributed by atoms with Crippen LogP contribution in [-0.4, -0.2) is 31.7 Å². The van der Waals surface area contributed by atoms with Crippen molar-refractivity contribution in [3.8, 4) is 11.5 Å². The highest BCUT2D eigenvalue weighted by Crippen LogP contribution is 2.25. The van der Waals surface area contributed by atoms with Crippen molar-refractivity contribution in [1.29, 1.82) is 0 Å². The number of esters is 1. The molecule has 27 heavy (non-hydrogen) atoms. The van der Waals surface area contributed by atoms with Crippen molar-refractivity contribution < 1.29 is 23.8 Å². The standard InChI is InChI=1S/C21H25NO5/c1-14-6-5-7-17(12-14)26-11-10-20(23)27-16(3)21(24)22-18-13-15(2)8-9-19(18)25-4/h5-9,12-13,16H,10-11H2,1-4H3,(H,22,24)/t16-/m0/s1. The molecule has 0 aromatic heterocycles. The molecule has 0 bridgehead atoms. The Labute approximate surface area is 159 Å². The SMILES string of the molecule is COc1ccc(C)cc1NC(=O)[C@H](C)OC(=O)CCOc1cccc(C)c1. The summed E-state index contributed by atoms with van der Waals surface area (Å²) in [5.41, 5.74) is 2.59. The third-order valence-corrected chi connectivity index (χ3v) is 3.85. The molecule has 2 rings (SSSR count). The highest BCUT2D eigenvalue weighted by molar-refractivity contribution is 5.96. The van der Waals surface area contributed by atoms with Gasteiger partial charge in [-0.15, -0.1) is 0 Å². The molecule has 0 fully saturated rings. The molecule has 2 aromatic carbocycles. The summed E-state index contributed by atoms with van der Waals surface area (Å²) in [4.78, 5) is 24.2. The summed E-state index contributed by atoms with van der Waals surface area (Å²) in [6, 6.07) is 13.0. The average molecular weight is 371 g/mol. The van der Waals surface area contributed by atoms with E-state index in [1.165, 1.54) is 14.0 Å². The molecule has 0 spiro atoms. The van der Waals surface area contributed by atoms with Crippen LogP contribution in [0.15, 0.2) is 42.5 Å². The highest BCUT2D eigenvalue weighted by Gasteiger charge is 2.19. The number of ether oxygens (including phenoxy) is 3. The van der Waals surface area contributed by atoms with Crippen molar-refractivity contribution in [2.45, 2.75) is 33.3 Å². The molecular formula is C21H25NO5. The number of nitrogens with one attached hydrogen (secondary N) is 1. The molecule has 1 atom stereocenters. The lowest BCUT2D eigenvalue weighted by Gasteiger charge is -2.16. The van der Waals surface area contributed by atoms with Crippen molar-refractivity contribution in [1.82, 2.24) is 0 Å². The summed E-state index contributed by atoms with van der Waals surface area (Å²) >= 11 is 0. The van der Waals surface area contributed by atoms with Crippen LogP contribution in [0.3, 0.4) is 0 Å². The first-order valence-electron chi connectivity index (χ1n) is 8.73. The van der Waals surface area contributed by atoms with Crippen LogP contribution in [0.5, 0.6) is 11.5 Å². The lowest BCUT2D eigenvalue weighted by molar-refractivity contribution is -0.153. The average Bonchev–Trinajstić information content (AvgIpc) is 2.62. The predicted octanol–water partition coefficient (Wildman–Crippen LogP) is 3.65. The number of benzene rings is 2. The third-order valence-electron chi connectivity index (χ3n) is 3.85. The van der Waals surface area contributed by atoms with Gasteiger partial charge in [0.25, 0.3) is 5.91 Å². The Morgan fingerprint density at radius 1 is 1.07 bits per heavy atom. The summed E-state index contributed by atoms with van der Waals surface area (Å²) in [6.45, 7) is 5.58. The van der Waals surface area contributed by atoms with E-state index in [0.29, 0.717) is 17.2 Å². The van der Waals surface area contributed by atoms with Crippen LogP contribution in [0.25, 0.3) is 0 Å². The number of rotatable bonds is 8. The molecule has 0 saturated heterocycles. The smallest absolute Gasteiger partial charge is 0.310 e. The van der Waals surface area contributed by atoms with Crippen LogP contribution >= 0.6 is 0 Å². The van der Waals surface area contributed by atoms with Crippen molar-refractivity contribution >= 4 is 17.6 Å². The molecule has 0 aliphatic heterocycles. The van der Waals surface area contributed by atoms with Gasteiger partial charge in [-0.1, -0.05) is 18.2 Å². The minimum atomic E-state index is -0.929. The molecule has 144 valence electrons. The van der Waals surface area contributed by atoms with Gasteiger partial charge in [-0.05, 0) is 56.2 Å². The topological polar surface area (TPSA) is 73.9 Å². The maximum absolute atomic E-state index is 12.3. The Morgan fingerprint density at radius 2 is 1.81 bits per heavy atom. The quantitative estimate of drug-likeness (QED) is 0.717. The fourth-order valence-corrected chi connectivity index (χ4v) is 2.42. The van der Waals surface area contributed by atoms with Gasteiger partial charge in [0.15, 0.2) is 6.10 Å². The second-order valence-corrected chi connectivity index (χ2v) is 6.24. The van der Waals surface area contributed by atoms with E-state index in [2.05, 4.69) is 5.32 Å². The second kappa shape index (κ2) is 9.62. The molecule has 6 heteroatoms. The van der Waals surface area contributed by atoms with E-state index in [4.69, 9.17) is 14.2 Å². The lowest BCUT2D eigenvalue weighted by atomic mass is 10.2. The number of carbonyl (C=O) groups is 2.